The van der Waals surface area contributed by atoms with Crippen LogP contribution in [-0.4, -0.2) is 41.5 Å². The van der Waals surface area contributed by atoms with Crippen LogP contribution in [0.5, 0.6) is 0 Å². The fraction of sp³-hybridized carbons (Fsp3) is 0.769. The topological polar surface area (TPSA) is 86.7 Å². The van der Waals surface area contributed by atoms with Crippen LogP contribution < -0.4 is 5.32 Å². The van der Waals surface area contributed by atoms with E-state index in [0.717, 1.165) is 12.8 Å². The Bertz CT molecular complexity index is 338. The number of nitrogens with zero attached hydrogens (tertiary/aromatic N) is 1. The molecule has 0 aromatic rings. The molecule has 0 aliphatic heterocycles. The van der Waals surface area contributed by atoms with Crippen LogP contribution in [0.3, 0.4) is 0 Å². The molecule has 6 nitrogen and oxygen atoms in total. The first kappa shape index (κ1) is 15.5. The highest BCUT2D eigenvalue weighted by molar-refractivity contribution is 5.95. The lowest BCUT2D eigenvalue weighted by atomic mass is 9.89. The van der Waals surface area contributed by atoms with E-state index in [1.54, 1.807) is 7.05 Å². The predicted octanol–water partition coefficient (Wildman–Crippen LogP) is 1.60. The maximum absolute atomic E-state index is 11.7. The molecule has 0 atom stereocenters. The molecule has 0 spiro atoms. The summed E-state index contributed by atoms with van der Waals surface area (Å²) in [6, 6.07) is -0.444. The van der Waals surface area contributed by atoms with Gasteiger partial charge in [-0.25, -0.2) is 4.79 Å². The monoisotopic (exact) mass is 270 g/mol. The van der Waals surface area contributed by atoms with Gasteiger partial charge in [0.25, 0.3) is 0 Å². The van der Waals surface area contributed by atoms with E-state index in [1.807, 2.05) is 0 Å². The molecular weight excluding hydrogens is 248 g/mol. The molecule has 0 heterocycles. The number of carboxylic acid groups (broad SMARTS) is 1. The summed E-state index contributed by atoms with van der Waals surface area (Å²) in [6.45, 7) is 0.651. The van der Waals surface area contributed by atoms with Crippen molar-refractivity contribution in [3.63, 3.8) is 0 Å². The Morgan fingerprint density at radius 3 is 2.37 bits per heavy atom. The van der Waals surface area contributed by atoms with Gasteiger partial charge in [0.05, 0.1) is 6.42 Å². The van der Waals surface area contributed by atoms with Gasteiger partial charge in [-0.1, -0.05) is 19.3 Å². The molecule has 0 saturated heterocycles. The third-order valence-corrected chi connectivity index (χ3v) is 3.42. The number of aliphatic carboxylic acids is 1. The van der Waals surface area contributed by atoms with Crippen molar-refractivity contribution < 1.29 is 19.5 Å². The maximum atomic E-state index is 11.7. The van der Waals surface area contributed by atoms with Crippen molar-refractivity contribution in [2.45, 2.75) is 44.9 Å². The van der Waals surface area contributed by atoms with E-state index in [2.05, 4.69) is 5.32 Å². The molecule has 1 aliphatic carbocycles. The fourth-order valence-corrected chi connectivity index (χ4v) is 2.34. The minimum atomic E-state index is -1.04. The summed E-state index contributed by atoms with van der Waals surface area (Å²) < 4.78 is 0. The summed E-state index contributed by atoms with van der Waals surface area (Å²) in [5.41, 5.74) is 0. The van der Waals surface area contributed by atoms with Crippen LogP contribution in [-0.2, 0) is 9.59 Å². The lowest BCUT2D eigenvalue weighted by Gasteiger charge is -2.26. The van der Waals surface area contributed by atoms with Gasteiger partial charge < -0.3 is 10.0 Å². The average Bonchev–Trinajstić information content (AvgIpc) is 2.37. The van der Waals surface area contributed by atoms with Gasteiger partial charge >= 0.3 is 12.0 Å². The summed E-state index contributed by atoms with van der Waals surface area (Å²) >= 11 is 0. The van der Waals surface area contributed by atoms with Crippen molar-refractivity contribution in [1.29, 1.82) is 0 Å². The Hall–Kier alpha value is -1.59. The lowest BCUT2D eigenvalue weighted by Crippen LogP contribution is -2.43. The number of urea groups is 1. The molecule has 0 radical (unpaired) electrons. The van der Waals surface area contributed by atoms with Crippen molar-refractivity contribution in [1.82, 2.24) is 10.2 Å². The zero-order chi connectivity index (χ0) is 14.3. The van der Waals surface area contributed by atoms with Gasteiger partial charge in [0, 0.05) is 20.0 Å². The summed E-state index contributed by atoms with van der Waals surface area (Å²) in [7, 11) is 1.66. The number of hydrogen-bond acceptors (Lipinski definition) is 3. The molecule has 3 amide bonds. The smallest absolute Gasteiger partial charge is 0.323 e. The number of carboxylic acids is 1. The highest BCUT2D eigenvalue weighted by atomic mass is 16.4. The molecule has 19 heavy (non-hydrogen) atoms. The van der Waals surface area contributed by atoms with Crippen LogP contribution in [0.15, 0.2) is 0 Å². The normalized spacial score (nSPS) is 15.8. The number of carbonyl (C=O) groups excluding carboxylic acids is 2. The first-order valence-electron chi connectivity index (χ1n) is 6.75. The minimum Gasteiger partial charge on any atom is -0.481 e. The largest absolute Gasteiger partial charge is 0.481 e. The van der Waals surface area contributed by atoms with Gasteiger partial charge in [-0.3, -0.25) is 14.9 Å². The molecule has 0 unspecified atom stereocenters. The van der Waals surface area contributed by atoms with E-state index in [9.17, 15) is 14.4 Å². The molecular formula is C13H22N2O4. The number of nitrogens with one attached hydrogen (secondary N) is 1. The van der Waals surface area contributed by atoms with E-state index >= 15 is 0 Å². The van der Waals surface area contributed by atoms with Gasteiger partial charge in [0.1, 0.15) is 0 Å². The van der Waals surface area contributed by atoms with Crippen LogP contribution in [0.4, 0.5) is 4.79 Å². The van der Waals surface area contributed by atoms with Crippen molar-refractivity contribution in [2.24, 2.45) is 5.92 Å². The highest BCUT2D eigenvalue weighted by Gasteiger charge is 2.19. The molecule has 1 fully saturated rings. The molecule has 1 saturated carbocycles. The molecule has 0 bridgehead atoms. The van der Waals surface area contributed by atoms with E-state index in [4.69, 9.17) is 5.11 Å². The van der Waals surface area contributed by atoms with Gasteiger partial charge in [-0.05, 0) is 18.8 Å². The van der Waals surface area contributed by atoms with Crippen molar-refractivity contribution in [3.8, 4) is 0 Å². The van der Waals surface area contributed by atoms with Crippen molar-refractivity contribution in [2.75, 3.05) is 13.6 Å². The number of rotatable bonds is 5. The molecule has 1 aliphatic rings. The second-order valence-corrected chi connectivity index (χ2v) is 5.13. The molecule has 108 valence electrons. The third kappa shape index (κ3) is 6.22. The zero-order valence-corrected chi connectivity index (χ0v) is 11.4. The van der Waals surface area contributed by atoms with Crippen LogP contribution in [0.1, 0.15) is 44.9 Å². The molecule has 6 heteroatoms. The average molecular weight is 270 g/mol. The third-order valence-electron chi connectivity index (χ3n) is 3.42. The zero-order valence-electron chi connectivity index (χ0n) is 11.4. The summed E-state index contributed by atoms with van der Waals surface area (Å²) in [4.78, 5) is 34.9. The van der Waals surface area contributed by atoms with E-state index in [1.165, 1.54) is 24.2 Å². The molecule has 0 aromatic heterocycles. The maximum Gasteiger partial charge on any atom is 0.323 e. The van der Waals surface area contributed by atoms with Crippen LogP contribution in [0, 0.1) is 5.92 Å². The number of imide groups is 1. The molecule has 0 aromatic carbocycles. The first-order valence-corrected chi connectivity index (χ1v) is 6.75. The van der Waals surface area contributed by atoms with Gasteiger partial charge in [0.15, 0.2) is 0 Å². The van der Waals surface area contributed by atoms with E-state index in [-0.39, 0.29) is 12.8 Å². The van der Waals surface area contributed by atoms with E-state index in [0.29, 0.717) is 12.5 Å². The first-order chi connectivity index (χ1) is 8.99. The lowest BCUT2D eigenvalue weighted by molar-refractivity contribution is -0.138. The highest BCUT2D eigenvalue weighted by Crippen LogP contribution is 2.23. The Morgan fingerprint density at radius 2 is 1.79 bits per heavy atom. The second-order valence-electron chi connectivity index (χ2n) is 5.13. The Balaban J connectivity index is 2.27. The Labute approximate surface area is 113 Å². The summed E-state index contributed by atoms with van der Waals surface area (Å²) in [6.07, 6.45) is 5.51. The second kappa shape index (κ2) is 7.76. The number of amides is 3. The quantitative estimate of drug-likeness (QED) is 0.794. The van der Waals surface area contributed by atoms with Gasteiger partial charge in [-0.2, -0.15) is 0 Å². The van der Waals surface area contributed by atoms with Crippen molar-refractivity contribution >= 4 is 17.9 Å². The molecule has 1 rings (SSSR count). The van der Waals surface area contributed by atoms with Gasteiger partial charge in [0.2, 0.25) is 5.91 Å². The number of carbonyl (C=O) groups is 3. The Kier molecular flexibility index (Phi) is 6.32. The van der Waals surface area contributed by atoms with Crippen LogP contribution >= 0.6 is 0 Å². The van der Waals surface area contributed by atoms with Gasteiger partial charge in [-0.15, -0.1) is 0 Å². The van der Waals surface area contributed by atoms with Crippen LogP contribution in [0.2, 0.25) is 0 Å². The summed E-state index contributed by atoms with van der Waals surface area (Å²) in [5.74, 6) is -1.07. The minimum absolute atomic E-state index is 0.168. The molecule has 2 N–H and O–H groups in total. The van der Waals surface area contributed by atoms with Crippen molar-refractivity contribution in [3.05, 3.63) is 0 Å². The SMILES string of the molecule is CN(CC1CCCCC1)C(=O)NC(=O)CCC(=O)O. The Morgan fingerprint density at radius 1 is 1.16 bits per heavy atom. The summed E-state index contributed by atoms with van der Waals surface area (Å²) in [5, 5.41) is 10.7. The number of hydrogen-bond donors (Lipinski definition) is 2. The van der Waals surface area contributed by atoms with E-state index < -0.39 is 17.9 Å². The standard InChI is InChI=1S/C13H22N2O4/c1-15(9-10-5-3-2-4-6-10)13(19)14-11(16)7-8-12(17)18/h10H,2-9H2,1H3,(H,17,18)(H,14,16,19). The van der Waals surface area contributed by atoms with Crippen LogP contribution in [0.25, 0.3) is 0 Å². The fourth-order valence-electron chi connectivity index (χ4n) is 2.34. The predicted molar refractivity (Wildman–Crippen MR) is 69.6 cm³/mol.